The van der Waals surface area contributed by atoms with Crippen molar-refractivity contribution in [1.82, 2.24) is 0 Å². The van der Waals surface area contributed by atoms with Crippen molar-refractivity contribution in [1.29, 1.82) is 0 Å². The molecule has 0 amide bonds. The predicted molar refractivity (Wildman–Crippen MR) is 94.9 cm³/mol. The molecule has 0 radical (unpaired) electrons. The molecule has 1 fully saturated rings. The highest BCUT2D eigenvalue weighted by molar-refractivity contribution is 5.70. The first-order chi connectivity index (χ1) is 11.9. The number of hydrogen-bond donors (Lipinski definition) is 0. The van der Waals surface area contributed by atoms with Crippen molar-refractivity contribution in [2.24, 2.45) is 5.92 Å². The summed E-state index contributed by atoms with van der Waals surface area (Å²) >= 11 is 0. The lowest BCUT2D eigenvalue weighted by Gasteiger charge is -2.23. The van der Waals surface area contributed by atoms with Crippen LogP contribution in [0.3, 0.4) is 0 Å². The molecule has 0 spiro atoms. The van der Waals surface area contributed by atoms with Gasteiger partial charge in [0.25, 0.3) is 0 Å². The van der Waals surface area contributed by atoms with Crippen LogP contribution in [0.5, 0.6) is 0 Å². The van der Waals surface area contributed by atoms with Crippen LogP contribution in [0.2, 0.25) is 0 Å². The second-order valence-electron chi connectivity index (χ2n) is 6.55. The Bertz CT molecular complexity index is 554. The molecule has 3 atom stereocenters. The first kappa shape index (κ1) is 19.6. The van der Waals surface area contributed by atoms with Gasteiger partial charge in [0.15, 0.2) is 5.79 Å². The monoisotopic (exact) mass is 348 g/mol. The Balaban J connectivity index is 1.96. The van der Waals surface area contributed by atoms with Gasteiger partial charge in [-0.05, 0) is 26.3 Å². The maximum absolute atomic E-state index is 11.8. The van der Waals surface area contributed by atoms with Gasteiger partial charge in [-0.3, -0.25) is 4.79 Å². The van der Waals surface area contributed by atoms with Crippen LogP contribution in [0.25, 0.3) is 0 Å². The van der Waals surface area contributed by atoms with E-state index in [0.29, 0.717) is 19.8 Å². The molecule has 1 heterocycles. The number of hydrogen-bond acceptors (Lipinski definition) is 5. The van der Waals surface area contributed by atoms with Crippen molar-refractivity contribution in [2.75, 3.05) is 13.2 Å². The van der Waals surface area contributed by atoms with E-state index < -0.39 is 5.79 Å². The third-order valence-electron chi connectivity index (χ3n) is 4.05. The summed E-state index contributed by atoms with van der Waals surface area (Å²) in [6.45, 7) is 10.6. The minimum absolute atomic E-state index is 0.189. The van der Waals surface area contributed by atoms with Gasteiger partial charge in [0.05, 0.1) is 32.3 Å². The van der Waals surface area contributed by atoms with Crippen LogP contribution in [-0.4, -0.2) is 37.2 Å². The fourth-order valence-corrected chi connectivity index (χ4v) is 2.97. The molecule has 0 N–H and O–H groups in total. The van der Waals surface area contributed by atoms with Crippen LogP contribution in [-0.2, 0) is 30.3 Å². The molecular formula is C20H28O5. The van der Waals surface area contributed by atoms with Gasteiger partial charge in [0, 0.05) is 5.92 Å². The smallest absolute Gasteiger partial charge is 0.306 e. The number of benzene rings is 1. The van der Waals surface area contributed by atoms with Gasteiger partial charge in [-0.25, -0.2) is 0 Å². The highest BCUT2D eigenvalue weighted by Crippen LogP contribution is 2.34. The summed E-state index contributed by atoms with van der Waals surface area (Å²) in [5.41, 5.74) is 1.10. The Morgan fingerprint density at radius 3 is 2.68 bits per heavy atom. The average molecular weight is 348 g/mol. The lowest BCUT2D eigenvalue weighted by atomic mass is 9.95. The van der Waals surface area contributed by atoms with Crippen molar-refractivity contribution in [3.05, 3.63) is 48.6 Å². The van der Waals surface area contributed by atoms with Gasteiger partial charge in [0.2, 0.25) is 0 Å². The van der Waals surface area contributed by atoms with Gasteiger partial charge in [-0.1, -0.05) is 36.4 Å². The summed E-state index contributed by atoms with van der Waals surface area (Å²) in [5, 5.41) is 0. The van der Waals surface area contributed by atoms with E-state index in [9.17, 15) is 4.79 Å². The van der Waals surface area contributed by atoms with E-state index in [1.54, 1.807) is 13.0 Å². The van der Waals surface area contributed by atoms with Crippen molar-refractivity contribution in [3.8, 4) is 0 Å². The molecule has 1 aromatic carbocycles. The highest BCUT2D eigenvalue weighted by atomic mass is 16.8. The zero-order valence-electron chi connectivity index (χ0n) is 15.3. The summed E-state index contributed by atoms with van der Waals surface area (Å²) in [5.74, 6) is -1.17. The molecule has 1 aliphatic heterocycles. The van der Waals surface area contributed by atoms with Crippen molar-refractivity contribution < 1.29 is 23.7 Å². The Kier molecular flexibility index (Phi) is 7.17. The van der Waals surface area contributed by atoms with Gasteiger partial charge in [0.1, 0.15) is 6.10 Å². The van der Waals surface area contributed by atoms with Gasteiger partial charge < -0.3 is 18.9 Å². The summed E-state index contributed by atoms with van der Waals surface area (Å²) in [6, 6.07) is 9.96. The second kappa shape index (κ2) is 9.13. The van der Waals surface area contributed by atoms with E-state index in [2.05, 4.69) is 6.58 Å². The zero-order chi connectivity index (χ0) is 18.3. The van der Waals surface area contributed by atoms with Crippen molar-refractivity contribution >= 4 is 5.97 Å². The molecule has 1 aromatic rings. The number of ether oxygens (including phenoxy) is 4. The molecule has 1 aliphatic rings. The van der Waals surface area contributed by atoms with Crippen molar-refractivity contribution in [3.63, 3.8) is 0 Å². The lowest BCUT2D eigenvalue weighted by molar-refractivity contribution is -0.156. The Morgan fingerprint density at radius 1 is 1.32 bits per heavy atom. The molecule has 0 bridgehead atoms. The number of carbonyl (C=O) groups excluding carboxylic acids is 1. The van der Waals surface area contributed by atoms with E-state index in [-0.39, 0.29) is 30.5 Å². The molecule has 138 valence electrons. The van der Waals surface area contributed by atoms with Gasteiger partial charge >= 0.3 is 5.97 Å². The molecule has 25 heavy (non-hydrogen) atoms. The van der Waals surface area contributed by atoms with E-state index in [1.165, 1.54) is 0 Å². The normalized spacial score (nSPS) is 23.2. The molecule has 5 heteroatoms. The number of carbonyl (C=O) groups is 1. The predicted octanol–water partition coefficient (Wildman–Crippen LogP) is 3.48. The average Bonchev–Trinajstić information content (AvgIpc) is 2.88. The van der Waals surface area contributed by atoms with E-state index >= 15 is 0 Å². The lowest BCUT2D eigenvalue weighted by Crippen LogP contribution is -2.35. The van der Waals surface area contributed by atoms with Crippen LogP contribution in [0.15, 0.2) is 43.0 Å². The molecule has 0 aromatic heterocycles. The third-order valence-corrected chi connectivity index (χ3v) is 4.05. The minimum Gasteiger partial charge on any atom is -0.466 e. The van der Waals surface area contributed by atoms with E-state index in [0.717, 1.165) is 5.56 Å². The largest absolute Gasteiger partial charge is 0.466 e. The fraction of sp³-hybridized carbons (Fsp3) is 0.550. The molecule has 2 rings (SSSR count). The third kappa shape index (κ3) is 5.96. The zero-order valence-corrected chi connectivity index (χ0v) is 15.3. The maximum atomic E-state index is 11.8. The summed E-state index contributed by atoms with van der Waals surface area (Å²) < 4.78 is 22.9. The van der Waals surface area contributed by atoms with Crippen LogP contribution in [0, 0.1) is 5.92 Å². The second-order valence-corrected chi connectivity index (χ2v) is 6.55. The molecule has 0 saturated carbocycles. The highest BCUT2D eigenvalue weighted by Gasteiger charge is 2.44. The van der Waals surface area contributed by atoms with Crippen LogP contribution >= 0.6 is 0 Å². The Hall–Kier alpha value is -1.69. The van der Waals surface area contributed by atoms with Crippen LogP contribution in [0.4, 0.5) is 0 Å². The fourth-order valence-electron chi connectivity index (χ4n) is 2.97. The van der Waals surface area contributed by atoms with Crippen molar-refractivity contribution in [2.45, 2.75) is 51.8 Å². The van der Waals surface area contributed by atoms with Crippen LogP contribution < -0.4 is 0 Å². The molecule has 0 aliphatic carbocycles. The standard InChI is InChI=1S/C20H28O5/c1-5-16(12-18(21)23-6-2)19-17(24-20(3,4)25-19)14-22-13-15-10-8-7-9-11-15/h5,7-11,16-17,19H,1,6,12-14H2,2-4H3/t16?,17-,19-/m1/s1. The maximum Gasteiger partial charge on any atom is 0.306 e. The van der Waals surface area contributed by atoms with E-state index in [1.807, 2.05) is 44.2 Å². The van der Waals surface area contributed by atoms with Gasteiger partial charge in [-0.15, -0.1) is 6.58 Å². The molecule has 1 unspecified atom stereocenters. The number of rotatable bonds is 9. The summed E-state index contributed by atoms with van der Waals surface area (Å²) in [7, 11) is 0. The molecular weight excluding hydrogens is 320 g/mol. The van der Waals surface area contributed by atoms with E-state index in [4.69, 9.17) is 18.9 Å². The SMILES string of the molecule is C=CC(CC(=O)OCC)[C@H]1OC(C)(C)O[C@@H]1COCc1ccccc1. The summed E-state index contributed by atoms with van der Waals surface area (Å²) in [4.78, 5) is 11.8. The van der Waals surface area contributed by atoms with Crippen LogP contribution in [0.1, 0.15) is 32.8 Å². The first-order valence-electron chi connectivity index (χ1n) is 8.70. The number of esters is 1. The van der Waals surface area contributed by atoms with Gasteiger partial charge in [-0.2, -0.15) is 0 Å². The first-order valence-corrected chi connectivity index (χ1v) is 8.70. The molecule has 5 nitrogen and oxygen atoms in total. The summed E-state index contributed by atoms with van der Waals surface area (Å²) in [6.07, 6.45) is 1.39. The quantitative estimate of drug-likeness (QED) is 0.505. The molecule has 1 saturated heterocycles. The topological polar surface area (TPSA) is 54.0 Å². The minimum atomic E-state index is -0.721. The Labute approximate surface area is 149 Å². The Morgan fingerprint density at radius 2 is 2.04 bits per heavy atom.